The standard InChI is InChI=1S/C16H26BrN3O2/c1-4-18-16(19-9-10-22-12-11-21-3)20(2)13-14-7-5-6-8-15(14)17/h5-8H,4,9-13H2,1-3H3,(H,18,19). The topological polar surface area (TPSA) is 46.1 Å². The number of nitrogens with zero attached hydrogens (tertiary/aromatic N) is 2. The van der Waals surface area contributed by atoms with Gasteiger partial charge < -0.3 is 19.7 Å². The SMILES string of the molecule is CCNC(=NCCOCCOC)N(C)Cc1ccccc1Br. The van der Waals surface area contributed by atoms with Crippen LogP contribution in [0.5, 0.6) is 0 Å². The van der Waals surface area contributed by atoms with Gasteiger partial charge in [-0.15, -0.1) is 0 Å². The zero-order valence-corrected chi connectivity index (χ0v) is 15.2. The van der Waals surface area contributed by atoms with Crippen molar-refractivity contribution in [2.24, 2.45) is 4.99 Å². The van der Waals surface area contributed by atoms with Gasteiger partial charge in [0.25, 0.3) is 0 Å². The van der Waals surface area contributed by atoms with Gasteiger partial charge >= 0.3 is 0 Å². The van der Waals surface area contributed by atoms with E-state index >= 15 is 0 Å². The summed E-state index contributed by atoms with van der Waals surface area (Å²) in [5, 5.41) is 3.30. The van der Waals surface area contributed by atoms with E-state index < -0.39 is 0 Å². The van der Waals surface area contributed by atoms with Crippen LogP contribution in [0.25, 0.3) is 0 Å². The fourth-order valence-corrected chi connectivity index (χ4v) is 2.30. The molecule has 0 saturated carbocycles. The summed E-state index contributed by atoms with van der Waals surface area (Å²) in [6, 6.07) is 8.22. The molecule has 0 aliphatic carbocycles. The summed E-state index contributed by atoms with van der Waals surface area (Å²) in [4.78, 5) is 6.70. The predicted octanol–water partition coefficient (Wildman–Crippen LogP) is 2.51. The Morgan fingerprint density at radius 2 is 2.05 bits per heavy atom. The van der Waals surface area contributed by atoms with Gasteiger partial charge in [-0.1, -0.05) is 34.1 Å². The molecule has 0 fully saturated rings. The van der Waals surface area contributed by atoms with Gasteiger partial charge in [-0.2, -0.15) is 0 Å². The van der Waals surface area contributed by atoms with Crippen LogP contribution in [-0.4, -0.2) is 57.9 Å². The zero-order valence-electron chi connectivity index (χ0n) is 13.6. The van der Waals surface area contributed by atoms with Gasteiger partial charge in [0, 0.05) is 31.7 Å². The molecule has 0 aliphatic heterocycles. The van der Waals surface area contributed by atoms with Crippen LogP contribution in [0.3, 0.4) is 0 Å². The summed E-state index contributed by atoms with van der Waals surface area (Å²) in [6.45, 7) is 6.15. The van der Waals surface area contributed by atoms with Crippen LogP contribution >= 0.6 is 15.9 Å². The largest absolute Gasteiger partial charge is 0.382 e. The molecule has 1 aromatic rings. The Hall–Kier alpha value is -1.11. The summed E-state index contributed by atoms with van der Waals surface area (Å²) in [6.07, 6.45) is 0. The number of halogens is 1. The molecule has 0 aliphatic rings. The second kappa shape index (κ2) is 11.5. The molecular weight excluding hydrogens is 346 g/mol. The van der Waals surface area contributed by atoms with Crippen LogP contribution < -0.4 is 5.32 Å². The average Bonchev–Trinajstić information content (AvgIpc) is 2.51. The van der Waals surface area contributed by atoms with Gasteiger partial charge in [0.15, 0.2) is 5.96 Å². The fourth-order valence-electron chi connectivity index (χ4n) is 1.89. The predicted molar refractivity (Wildman–Crippen MR) is 94.3 cm³/mol. The monoisotopic (exact) mass is 371 g/mol. The van der Waals surface area contributed by atoms with Gasteiger partial charge in [0.05, 0.1) is 26.4 Å². The molecule has 0 atom stereocenters. The lowest BCUT2D eigenvalue weighted by molar-refractivity contribution is 0.0747. The van der Waals surface area contributed by atoms with Crippen molar-refractivity contribution in [1.82, 2.24) is 10.2 Å². The lowest BCUT2D eigenvalue weighted by atomic mass is 10.2. The molecule has 6 heteroatoms. The van der Waals surface area contributed by atoms with Crippen LogP contribution in [0.2, 0.25) is 0 Å². The molecule has 0 unspecified atom stereocenters. The van der Waals surface area contributed by atoms with Crippen molar-refractivity contribution in [3.05, 3.63) is 34.3 Å². The molecule has 1 aromatic carbocycles. The number of benzene rings is 1. The molecule has 124 valence electrons. The number of rotatable bonds is 9. The highest BCUT2D eigenvalue weighted by atomic mass is 79.9. The van der Waals surface area contributed by atoms with Crippen molar-refractivity contribution < 1.29 is 9.47 Å². The Morgan fingerprint density at radius 3 is 2.73 bits per heavy atom. The first-order valence-electron chi connectivity index (χ1n) is 7.48. The molecule has 0 saturated heterocycles. The maximum atomic E-state index is 5.43. The smallest absolute Gasteiger partial charge is 0.194 e. The first-order chi connectivity index (χ1) is 10.7. The van der Waals surface area contributed by atoms with Crippen LogP contribution in [-0.2, 0) is 16.0 Å². The molecule has 0 bridgehead atoms. The molecule has 1 N–H and O–H groups in total. The highest BCUT2D eigenvalue weighted by molar-refractivity contribution is 9.10. The lowest BCUT2D eigenvalue weighted by Gasteiger charge is -2.22. The summed E-state index contributed by atoms with van der Waals surface area (Å²) < 4.78 is 11.5. The fraction of sp³-hybridized carbons (Fsp3) is 0.562. The van der Waals surface area contributed by atoms with Crippen molar-refractivity contribution in [2.75, 3.05) is 47.1 Å². The van der Waals surface area contributed by atoms with Gasteiger partial charge in [0.2, 0.25) is 0 Å². The third-order valence-corrected chi connectivity index (χ3v) is 3.76. The van der Waals surface area contributed by atoms with Crippen molar-refractivity contribution in [3.8, 4) is 0 Å². The highest BCUT2D eigenvalue weighted by Crippen LogP contribution is 2.17. The Bertz CT molecular complexity index is 455. The van der Waals surface area contributed by atoms with E-state index in [1.807, 2.05) is 19.2 Å². The molecule has 1 rings (SSSR count). The average molecular weight is 372 g/mol. The van der Waals surface area contributed by atoms with Crippen molar-refractivity contribution in [2.45, 2.75) is 13.5 Å². The van der Waals surface area contributed by atoms with E-state index in [2.05, 4.69) is 50.2 Å². The normalized spacial score (nSPS) is 11.5. The number of nitrogens with one attached hydrogen (secondary N) is 1. The van der Waals surface area contributed by atoms with Gasteiger partial charge in [-0.3, -0.25) is 4.99 Å². The van der Waals surface area contributed by atoms with E-state index in [1.165, 1.54) is 5.56 Å². The maximum Gasteiger partial charge on any atom is 0.194 e. The molecular formula is C16H26BrN3O2. The Morgan fingerprint density at radius 1 is 1.27 bits per heavy atom. The van der Waals surface area contributed by atoms with Crippen LogP contribution in [0.15, 0.2) is 33.7 Å². The quantitative estimate of drug-likeness (QED) is 0.411. The highest BCUT2D eigenvalue weighted by Gasteiger charge is 2.08. The van der Waals surface area contributed by atoms with E-state index in [9.17, 15) is 0 Å². The Balaban J connectivity index is 2.51. The van der Waals surface area contributed by atoms with E-state index in [0.29, 0.717) is 26.4 Å². The first-order valence-corrected chi connectivity index (χ1v) is 8.27. The summed E-state index contributed by atoms with van der Waals surface area (Å²) in [5.74, 6) is 0.883. The number of guanidine groups is 1. The summed E-state index contributed by atoms with van der Waals surface area (Å²) in [5.41, 5.74) is 1.23. The third-order valence-electron chi connectivity index (χ3n) is 2.99. The minimum absolute atomic E-state index is 0.598. The van der Waals surface area contributed by atoms with E-state index in [4.69, 9.17) is 9.47 Å². The molecule has 0 spiro atoms. The van der Waals surface area contributed by atoms with Crippen molar-refractivity contribution >= 4 is 21.9 Å². The summed E-state index contributed by atoms with van der Waals surface area (Å²) in [7, 11) is 3.70. The molecule has 0 radical (unpaired) electrons. The molecule has 22 heavy (non-hydrogen) atoms. The first kappa shape index (κ1) is 18.9. The third kappa shape index (κ3) is 7.24. The maximum absolute atomic E-state index is 5.43. The Kier molecular flexibility index (Phi) is 9.86. The zero-order chi connectivity index (χ0) is 16.2. The van der Waals surface area contributed by atoms with Crippen molar-refractivity contribution in [3.63, 3.8) is 0 Å². The van der Waals surface area contributed by atoms with Crippen LogP contribution in [0.4, 0.5) is 0 Å². The molecule has 0 amide bonds. The van der Waals surface area contributed by atoms with Crippen molar-refractivity contribution in [1.29, 1.82) is 0 Å². The molecule has 5 nitrogen and oxygen atoms in total. The van der Waals surface area contributed by atoms with Crippen LogP contribution in [0, 0.1) is 0 Å². The van der Waals surface area contributed by atoms with E-state index in [0.717, 1.165) is 23.5 Å². The molecule has 0 aromatic heterocycles. The molecule has 0 heterocycles. The van der Waals surface area contributed by atoms with E-state index in [-0.39, 0.29) is 0 Å². The number of hydrogen-bond donors (Lipinski definition) is 1. The van der Waals surface area contributed by atoms with E-state index in [1.54, 1.807) is 7.11 Å². The second-order valence-electron chi connectivity index (χ2n) is 4.79. The number of methoxy groups -OCH3 is 1. The lowest BCUT2D eigenvalue weighted by Crippen LogP contribution is -2.38. The summed E-state index contributed by atoms with van der Waals surface area (Å²) >= 11 is 3.58. The Labute approximate surface area is 141 Å². The minimum atomic E-state index is 0.598. The van der Waals surface area contributed by atoms with Gasteiger partial charge in [0.1, 0.15) is 0 Å². The number of ether oxygens (including phenoxy) is 2. The number of hydrogen-bond acceptors (Lipinski definition) is 3. The number of aliphatic imine (C=N–C) groups is 1. The van der Waals surface area contributed by atoms with Gasteiger partial charge in [-0.05, 0) is 18.6 Å². The van der Waals surface area contributed by atoms with Gasteiger partial charge in [-0.25, -0.2) is 0 Å². The second-order valence-corrected chi connectivity index (χ2v) is 5.64. The van der Waals surface area contributed by atoms with Crippen LogP contribution in [0.1, 0.15) is 12.5 Å². The minimum Gasteiger partial charge on any atom is -0.382 e.